The van der Waals surface area contributed by atoms with Crippen LogP contribution in [-0.4, -0.2) is 11.2 Å². The van der Waals surface area contributed by atoms with E-state index >= 15 is 0 Å². The maximum atomic E-state index is 9.65. The molecule has 1 N–H and O–H groups in total. The minimum atomic E-state index is -0.0958. The van der Waals surface area contributed by atoms with Crippen LogP contribution >= 0.6 is 0 Å². The van der Waals surface area contributed by atoms with E-state index in [0.717, 1.165) is 12.3 Å². The van der Waals surface area contributed by atoms with Crippen molar-refractivity contribution in [3.05, 3.63) is 12.2 Å². The second kappa shape index (κ2) is 4.66. The molecule has 0 amide bonds. The van der Waals surface area contributed by atoms with Gasteiger partial charge in [0, 0.05) is 0 Å². The van der Waals surface area contributed by atoms with Gasteiger partial charge in [-0.05, 0) is 37.5 Å². The first-order valence-electron chi connectivity index (χ1n) is 5.03. The third kappa shape index (κ3) is 2.98. The highest BCUT2D eigenvalue weighted by Gasteiger charge is 2.16. The summed E-state index contributed by atoms with van der Waals surface area (Å²) in [7, 11) is 0. The molecular weight excluding hydrogens is 148 g/mol. The molecule has 0 radical (unpaired) electrons. The Morgan fingerprint density at radius 2 is 2.17 bits per heavy atom. The number of hydrogen-bond acceptors (Lipinski definition) is 1. The van der Waals surface area contributed by atoms with Gasteiger partial charge in [0.05, 0.1) is 6.10 Å². The predicted molar refractivity (Wildman–Crippen MR) is 51.9 cm³/mol. The lowest BCUT2D eigenvalue weighted by molar-refractivity contribution is 0.0951. The molecule has 0 spiro atoms. The van der Waals surface area contributed by atoms with Gasteiger partial charge in [-0.1, -0.05) is 26.0 Å². The highest BCUT2D eigenvalue weighted by Crippen LogP contribution is 2.24. The molecule has 0 fully saturated rings. The van der Waals surface area contributed by atoms with Crippen LogP contribution in [0.3, 0.4) is 0 Å². The van der Waals surface area contributed by atoms with Gasteiger partial charge in [0.15, 0.2) is 0 Å². The van der Waals surface area contributed by atoms with E-state index in [1.165, 1.54) is 19.3 Å². The van der Waals surface area contributed by atoms with Crippen molar-refractivity contribution in [1.29, 1.82) is 0 Å². The molecule has 12 heavy (non-hydrogen) atoms. The minimum absolute atomic E-state index is 0.0958. The van der Waals surface area contributed by atoms with Crippen molar-refractivity contribution in [2.45, 2.75) is 45.6 Å². The fourth-order valence-electron chi connectivity index (χ4n) is 1.68. The van der Waals surface area contributed by atoms with Crippen LogP contribution in [-0.2, 0) is 0 Å². The minimum Gasteiger partial charge on any atom is -0.393 e. The second-order valence-electron chi connectivity index (χ2n) is 4.20. The quantitative estimate of drug-likeness (QED) is 0.642. The van der Waals surface area contributed by atoms with Crippen LogP contribution in [0.15, 0.2) is 12.2 Å². The molecule has 1 aliphatic rings. The first-order valence-corrected chi connectivity index (χ1v) is 5.03. The molecule has 0 heterocycles. The summed E-state index contributed by atoms with van der Waals surface area (Å²) in [5.74, 6) is 1.14. The second-order valence-corrected chi connectivity index (χ2v) is 4.20. The average molecular weight is 168 g/mol. The van der Waals surface area contributed by atoms with Gasteiger partial charge in [0.1, 0.15) is 0 Å². The molecule has 1 nitrogen and oxygen atoms in total. The monoisotopic (exact) mass is 168 g/mol. The van der Waals surface area contributed by atoms with E-state index in [2.05, 4.69) is 26.0 Å². The zero-order valence-corrected chi connectivity index (χ0v) is 8.16. The molecule has 2 unspecified atom stereocenters. The van der Waals surface area contributed by atoms with E-state index in [0.29, 0.717) is 5.92 Å². The largest absolute Gasteiger partial charge is 0.393 e. The van der Waals surface area contributed by atoms with E-state index < -0.39 is 0 Å². The van der Waals surface area contributed by atoms with Gasteiger partial charge in [-0.3, -0.25) is 0 Å². The fourth-order valence-corrected chi connectivity index (χ4v) is 1.68. The Balaban J connectivity index is 2.25. The molecule has 0 aliphatic heterocycles. The van der Waals surface area contributed by atoms with Crippen molar-refractivity contribution in [3.63, 3.8) is 0 Å². The van der Waals surface area contributed by atoms with E-state index in [1.54, 1.807) is 0 Å². The SMILES string of the molecule is CC(C)C(O)CC1CC=CCC1. The Kier molecular flexibility index (Phi) is 3.80. The van der Waals surface area contributed by atoms with Gasteiger partial charge in [-0.2, -0.15) is 0 Å². The van der Waals surface area contributed by atoms with E-state index in [4.69, 9.17) is 0 Å². The molecule has 70 valence electrons. The van der Waals surface area contributed by atoms with E-state index in [1.807, 2.05) is 0 Å². The Labute approximate surface area is 75.5 Å². The molecule has 0 aromatic rings. The van der Waals surface area contributed by atoms with Gasteiger partial charge in [-0.15, -0.1) is 0 Å². The summed E-state index contributed by atoms with van der Waals surface area (Å²) in [5, 5.41) is 9.65. The molecule has 1 aliphatic carbocycles. The van der Waals surface area contributed by atoms with Crippen LogP contribution < -0.4 is 0 Å². The van der Waals surface area contributed by atoms with Crippen molar-refractivity contribution in [3.8, 4) is 0 Å². The lowest BCUT2D eigenvalue weighted by atomic mass is 9.87. The average Bonchev–Trinajstić information content (AvgIpc) is 2.06. The first-order chi connectivity index (χ1) is 5.70. The lowest BCUT2D eigenvalue weighted by Crippen LogP contribution is -2.19. The summed E-state index contributed by atoms with van der Waals surface area (Å²) < 4.78 is 0. The first kappa shape index (κ1) is 9.79. The van der Waals surface area contributed by atoms with Crippen LogP contribution in [0.1, 0.15) is 39.5 Å². The summed E-state index contributed by atoms with van der Waals surface area (Å²) >= 11 is 0. The number of rotatable bonds is 3. The van der Waals surface area contributed by atoms with E-state index in [9.17, 15) is 5.11 Å². The molecule has 0 saturated heterocycles. The predicted octanol–water partition coefficient (Wildman–Crippen LogP) is 2.75. The zero-order chi connectivity index (χ0) is 8.97. The normalized spacial score (nSPS) is 26.2. The number of allylic oxidation sites excluding steroid dienone is 2. The van der Waals surface area contributed by atoms with Gasteiger partial charge in [0.25, 0.3) is 0 Å². The van der Waals surface area contributed by atoms with Crippen LogP contribution in [0.2, 0.25) is 0 Å². The maximum absolute atomic E-state index is 9.65. The molecule has 0 aromatic carbocycles. The summed E-state index contributed by atoms with van der Waals surface area (Å²) in [6.07, 6.45) is 9.03. The molecule has 1 rings (SSSR count). The summed E-state index contributed by atoms with van der Waals surface area (Å²) in [6.45, 7) is 4.17. The topological polar surface area (TPSA) is 20.2 Å². The smallest absolute Gasteiger partial charge is 0.0565 e. The number of aliphatic hydroxyl groups is 1. The third-order valence-corrected chi connectivity index (χ3v) is 2.72. The van der Waals surface area contributed by atoms with Crippen LogP contribution in [0.4, 0.5) is 0 Å². The summed E-state index contributed by atoms with van der Waals surface area (Å²) in [6, 6.07) is 0. The highest BCUT2D eigenvalue weighted by molar-refractivity contribution is 4.90. The van der Waals surface area contributed by atoms with Crippen molar-refractivity contribution in [2.75, 3.05) is 0 Å². The summed E-state index contributed by atoms with van der Waals surface area (Å²) in [5.41, 5.74) is 0. The number of aliphatic hydroxyl groups excluding tert-OH is 1. The molecular formula is C11H20O. The molecule has 0 aromatic heterocycles. The van der Waals surface area contributed by atoms with Gasteiger partial charge in [0.2, 0.25) is 0 Å². The van der Waals surface area contributed by atoms with E-state index in [-0.39, 0.29) is 6.10 Å². The molecule has 0 saturated carbocycles. The Morgan fingerprint density at radius 3 is 2.67 bits per heavy atom. The number of hydrogen-bond donors (Lipinski definition) is 1. The van der Waals surface area contributed by atoms with Gasteiger partial charge >= 0.3 is 0 Å². The lowest BCUT2D eigenvalue weighted by Gasteiger charge is -2.22. The standard InChI is InChI=1S/C11H20O/c1-9(2)11(12)8-10-6-4-3-5-7-10/h3-4,9-12H,5-8H2,1-2H3. The van der Waals surface area contributed by atoms with Crippen molar-refractivity contribution in [2.24, 2.45) is 11.8 Å². The van der Waals surface area contributed by atoms with Crippen molar-refractivity contribution in [1.82, 2.24) is 0 Å². The van der Waals surface area contributed by atoms with Gasteiger partial charge in [-0.25, -0.2) is 0 Å². The Morgan fingerprint density at radius 1 is 1.42 bits per heavy atom. The maximum Gasteiger partial charge on any atom is 0.0565 e. The van der Waals surface area contributed by atoms with Crippen molar-refractivity contribution >= 4 is 0 Å². The molecule has 0 bridgehead atoms. The van der Waals surface area contributed by atoms with Crippen LogP contribution in [0.25, 0.3) is 0 Å². The molecule has 2 atom stereocenters. The van der Waals surface area contributed by atoms with Crippen molar-refractivity contribution < 1.29 is 5.11 Å². The van der Waals surface area contributed by atoms with Gasteiger partial charge < -0.3 is 5.11 Å². The summed E-state index contributed by atoms with van der Waals surface area (Å²) in [4.78, 5) is 0. The fraction of sp³-hybridized carbons (Fsp3) is 0.818. The van der Waals surface area contributed by atoms with Crippen LogP contribution in [0.5, 0.6) is 0 Å². The zero-order valence-electron chi connectivity index (χ0n) is 8.16. The Hall–Kier alpha value is -0.300. The Bertz CT molecular complexity index is 149. The highest BCUT2D eigenvalue weighted by atomic mass is 16.3. The third-order valence-electron chi connectivity index (χ3n) is 2.72. The van der Waals surface area contributed by atoms with Crippen LogP contribution in [0, 0.1) is 11.8 Å². The molecule has 1 heteroatoms.